The van der Waals surface area contributed by atoms with Gasteiger partial charge in [0, 0.05) is 15.6 Å². The highest BCUT2D eigenvalue weighted by Gasteiger charge is 2.61. The van der Waals surface area contributed by atoms with Crippen LogP contribution in [0.5, 0.6) is 0 Å². The van der Waals surface area contributed by atoms with Gasteiger partial charge in [-0.15, -0.1) is 0 Å². The minimum atomic E-state index is 0.559. The van der Waals surface area contributed by atoms with Gasteiger partial charge in [-0.3, -0.25) is 4.90 Å². The van der Waals surface area contributed by atoms with Gasteiger partial charge in [0.1, 0.15) is 5.71 Å². The van der Waals surface area contributed by atoms with E-state index in [0.717, 1.165) is 11.1 Å². The second kappa shape index (κ2) is 4.29. The van der Waals surface area contributed by atoms with Crippen LogP contribution in [0, 0.1) is 0 Å². The maximum absolute atomic E-state index is 4.70. The fourth-order valence-corrected chi connectivity index (χ4v) is 3.34. The fourth-order valence-electron chi connectivity index (χ4n) is 3.08. The lowest BCUT2D eigenvalue weighted by Crippen LogP contribution is -2.93. The van der Waals surface area contributed by atoms with E-state index >= 15 is 0 Å². The standard InChI is InChI=1S/C16H13BrN2/c17-13-8-6-12(7-9-13)15-16-14(18-10-19(15)16)11-4-2-1-3-5-11/h1-9,15-16H,10H2/p+1/t15-,16-,19?/m1/s1. The Bertz CT molecular complexity index is 634. The van der Waals surface area contributed by atoms with Gasteiger partial charge in [-0.25, -0.2) is 4.99 Å². The largest absolute Gasteiger partial charge is 0.292 e. The summed E-state index contributed by atoms with van der Waals surface area (Å²) in [5.41, 5.74) is 3.98. The van der Waals surface area contributed by atoms with Crippen LogP contribution in [0.3, 0.4) is 0 Å². The summed E-state index contributed by atoms with van der Waals surface area (Å²) in [5.74, 6) is 0. The summed E-state index contributed by atoms with van der Waals surface area (Å²) in [6.45, 7) is 0.912. The molecule has 0 bridgehead atoms. The molecule has 2 aromatic carbocycles. The van der Waals surface area contributed by atoms with Crippen LogP contribution in [0.25, 0.3) is 0 Å². The number of aliphatic imine (C=N–C) groups is 1. The molecule has 0 spiro atoms. The van der Waals surface area contributed by atoms with Crippen LogP contribution in [-0.4, -0.2) is 18.4 Å². The van der Waals surface area contributed by atoms with Crippen LogP contribution in [0.15, 0.2) is 64.1 Å². The Kier molecular flexibility index (Phi) is 2.57. The molecule has 0 aromatic heterocycles. The first-order valence-corrected chi connectivity index (χ1v) is 7.35. The van der Waals surface area contributed by atoms with E-state index in [0.29, 0.717) is 12.1 Å². The lowest BCUT2D eigenvalue weighted by molar-refractivity contribution is -0.780. The summed E-state index contributed by atoms with van der Waals surface area (Å²) >= 11 is 3.49. The van der Waals surface area contributed by atoms with Crippen LogP contribution in [0.2, 0.25) is 0 Å². The molecule has 19 heavy (non-hydrogen) atoms. The third-order valence-electron chi connectivity index (χ3n) is 4.05. The van der Waals surface area contributed by atoms with Gasteiger partial charge >= 0.3 is 0 Å². The maximum atomic E-state index is 4.70. The molecule has 2 aliphatic rings. The van der Waals surface area contributed by atoms with E-state index in [1.165, 1.54) is 16.8 Å². The normalized spacial score (nSPS) is 27.8. The molecule has 2 aliphatic heterocycles. The van der Waals surface area contributed by atoms with E-state index in [4.69, 9.17) is 4.99 Å². The summed E-state index contributed by atoms with van der Waals surface area (Å²) in [4.78, 5) is 6.28. The summed E-state index contributed by atoms with van der Waals surface area (Å²) in [6, 6.07) is 20.4. The zero-order valence-corrected chi connectivity index (χ0v) is 12.0. The highest BCUT2D eigenvalue weighted by Crippen LogP contribution is 2.29. The molecule has 2 aromatic rings. The van der Waals surface area contributed by atoms with Crippen molar-refractivity contribution >= 4 is 21.6 Å². The zero-order valence-electron chi connectivity index (χ0n) is 10.4. The molecular weight excluding hydrogens is 300 g/mol. The summed E-state index contributed by atoms with van der Waals surface area (Å²) in [6.07, 6.45) is 0. The Hall–Kier alpha value is -1.45. The number of hydrogen-bond acceptors (Lipinski definition) is 1. The first-order valence-electron chi connectivity index (χ1n) is 6.55. The summed E-state index contributed by atoms with van der Waals surface area (Å²) in [7, 11) is 0. The molecule has 94 valence electrons. The second-order valence-electron chi connectivity index (χ2n) is 5.15. The highest BCUT2D eigenvalue weighted by molar-refractivity contribution is 9.10. The molecule has 2 heterocycles. The average molecular weight is 314 g/mol. The number of fused-ring (bicyclic) bond motifs is 1. The van der Waals surface area contributed by atoms with Crippen molar-refractivity contribution in [2.24, 2.45) is 4.99 Å². The number of rotatable bonds is 2. The minimum Gasteiger partial charge on any atom is -0.292 e. The molecule has 2 nitrogen and oxygen atoms in total. The maximum Gasteiger partial charge on any atom is 0.190 e. The Morgan fingerprint density at radius 3 is 2.42 bits per heavy atom. The van der Waals surface area contributed by atoms with E-state index in [-0.39, 0.29) is 0 Å². The number of nitrogens with one attached hydrogen (secondary N) is 1. The molecular formula is C16H14BrN2+. The minimum absolute atomic E-state index is 0.559. The quantitative estimate of drug-likeness (QED) is 0.819. The number of benzene rings is 2. The van der Waals surface area contributed by atoms with Gasteiger partial charge in [-0.1, -0.05) is 58.4 Å². The van der Waals surface area contributed by atoms with Gasteiger partial charge in [0.25, 0.3) is 0 Å². The first-order chi connectivity index (χ1) is 9.34. The van der Waals surface area contributed by atoms with Crippen LogP contribution < -0.4 is 4.90 Å². The van der Waals surface area contributed by atoms with Crippen molar-refractivity contribution in [3.63, 3.8) is 0 Å². The van der Waals surface area contributed by atoms with Crippen LogP contribution in [0.4, 0.5) is 0 Å². The van der Waals surface area contributed by atoms with Gasteiger partial charge < -0.3 is 0 Å². The number of hydrogen-bond donors (Lipinski definition) is 1. The van der Waals surface area contributed by atoms with E-state index in [2.05, 4.69) is 70.5 Å². The zero-order chi connectivity index (χ0) is 12.8. The Labute approximate surface area is 120 Å². The topological polar surface area (TPSA) is 16.8 Å². The summed E-state index contributed by atoms with van der Waals surface area (Å²) < 4.78 is 1.14. The van der Waals surface area contributed by atoms with E-state index < -0.39 is 0 Å². The number of quaternary nitrogens is 1. The second-order valence-corrected chi connectivity index (χ2v) is 6.06. The Balaban J connectivity index is 1.62. The van der Waals surface area contributed by atoms with Crippen molar-refractivity contribution in [1.82, 2.24) is 0 Å². The molecule has 0 saturated carbocycles. The molecule has 1 N–H and O–H groups in total. The van der Waals surface area contributed by atoms with Crippen molar-refractivity contribution in [3.8, 4) is 0 Å². The van der Waals surface area contributed by atoms with Crippen LogP contribution >= 0.6 is 15.9 Å². The van der Waals surface area contributed by atoms with Crippen molar-refractivity contribution < 1.29 is 4.90 Å². The van der Waals surface area contributed by atoms with Crippen molar-refractivity contribution in [2.45, 2.75) is 12.1 Å². The Morgan fingerprint density at radius 2 is 1.68 bits per heavy atom. The van der Waals surface area contributed by atoms with Crippen molar-refractivity contribution in [1.29, 1.82) is 0 Å². The predicted molar refractivity (Wildman–Crippen MR) is 79.5 cm³/mol. The van der Waals surface area contributed by atoms with Crippen molar-refractivity contribution in [2.75, 3.05) is 6.67 Å². The van der Waals surface area contributed by atoms with Gasteiger partial charge in [-0.05, 0) is 12.1 Å². The number of nitrogens with zero attached hydrogens (tertiary/aromatic N) is 1. The number of halogens is 1. The molecule has 1 fully saturated rings. The molecule has 1 saturated heterocycles. The predicted octanol–water partition coefficient (Wildman–Crippen LogP) is 2.22. The van der Waals surface area contributed by atoms with E-state index in [1.54, 1.807) is 4.90 Å². The molecule has 3 heteroatoms. The van der Waals surface area contributed by atoms with E-state index in [1.807, 2.05) is 0 Å². The fraction of sp³-hybridized carbons (Fsp3) is 0.188. The van der Waals surface area contributed by atoms with Gasteiger partial charge in [0.05, 0.1) is 0 Å². The molecule has 0 aliphatic carbocycles. The molecule has 0 radical (unpaired) electrons. The highest BCUT2D eigenvalue weighted by atomic mass is 79.9. The third kappa shape index (κ3) is 1.85. The molecule has 3 atom stereocenters. The van der Waals surface area contributed by atoms with E-state index in [9.17, 15) is 0 Å². The Morgan fingerprint density at radius 1 is 0.947 bits per heavy atom. The van der Waals surface area contributed by atoms with Crippen molar-refractivity contribution in [3.05, 3.63) is 70.2 Å². The van der Waals surface area contributed by atoms with Gasteiger partial charge in [-0.2, -0.15) is 0 Å². The first kappa shape index (κ1) is 11.4. The molecule has 4 rings (SSSR count). The van der Waals surface area contributed by atoms with Crippen LogP contribution in [-0.2, 0) is 0 Å². The summed E-state index contributed by atoms with van der Waals surface area (Å²) in [5, 5.41) is 0. The van der Waals surface area contributed by atoms with Gasteiger partial charge in [0.15, 0.2) is 18.8 Å². The SMILES string of the molecule is Brc1ccc([C@@H]2[C@H]3C(c4ccccc4)=NC[NH+]32)cc1. The smallest absolute Gasteiger partial charge is 0.190 e. The van der Waals surface area contributed by atoms with Gasteiger partial charge in [0.2, 0.25) is 0 Å². The molecule has 1 unspecified atom stereocenters. The third-order valence-corrected chi connectivity index (χ3v) is 4.58. The monoisotopic (exact) mass is 313 g/mol. The average Bonchev–Trinajstić information content (AvgIpc) is 3.00. The molecule has 0 amide bonds. The lowest BCUT2D eigenvalue weighted by atomic mass is 10.0. The van der Waals surface area contributed by atoms with Crippen LogP contribution in [0.1, 0.15) is 17.2 Å². The lowest BCUT2D eigenvalue weighted by Gasteiger charge is -2.00.